The Morgan fingerprint density at radius 3 is 2.64 bits per heavy atom. The molecule has 14 heavy (non-hydrogen) atoms. The molecule has 0 bridgehead atoms. The lowest BCUT2D eigenvalue weighted by atomic mass is 10.2. The van der Waals surface area contributed by atoms with Gasteiger partial charge in [-0.1, -0.05) is 23.7 Å². The second-order valence-electron chi connectivity index (χ2n) is 2.76. The van der Waals surface area contributed by atoms with Gasteiger partial charge in [-0.25, -0.2) is 0 Å². The molecule has 0 aliphatic rings. The summed E-state index contributed by atoms with van der Waals surface area (Å²) in [6, 6.07) is 7.25. The van der Waals surface area contributed by atoms with Gasteiger partial charge in [-0.15, -0.1) is 5.73 Å². The number of hydrogen-bond donors (Lipinski definition) is 2. The summed E-state index contributed by atoms with van der Waals surface area (Å²) in [5.41, 5.74) is 4.13. The Hall–Kier alpha value is -1.05. The zero-order chi connectivity index (χ0) is 10.4. The summed E-state index contributed by atoms with van der Waals surface area (Å²) in [7, 11) is 0. The fourth-order valence-electron chi connectivity index (χ4n) is 0.923. The molecule has 1 rings (SSSR count). The zero-order valence-electron chi connectivity index (χ0n) is 7.57. The van der Waals surface area contributed by atoms with E-state index in [-0.39, 0.29) is 13.2 Å². The van der Waals surface area contributed by atoms with E-state index < -0.39 is 0 Å². The highest BCUT2D eigenvalue weighted by atomic mass is 35.5. The number of aliphatic hydroxyl groups is 2. The summed E-state index contributed by atoms with van der Waals surface area (Å²) in [5.74, 6) is 0. The molecule has 1 aromatic rings. The predicted molar refractivity (Wildman–Crippen MR) is 57.1 cm³/mol. The third-order valence-electron chi connectivity index (χ3n) is 1.67. The molecule has 1 aromatic carbocycles. The molecule has 2 nitrogen and oxygen atoms in total. The van der Waals surface area contributed by atoms with Crippen molar-refractivity contribution in [2.45, 2.75) is 0 Å². The first kappa shape index (κ1) is 11.0. The van der Waals surface area contributed by atoms with Gasteiger partial charge in [0, 0.05) is 10.6 Å². The van der Waals surface area contributed by atoms with Gasteiger partial charge in [-0.2, -0.15) is 0 Å². The van der Waals surface area contributed by atoms with Crippen LogP contribution in [0.4, 0.5) is 0 Å². The highest BCUT2D eigenvalue weighted by molar-refractivity contribution is 6.30. The maximum absolute atomic E-state index is 8.75. The molecule has 0 aliphatic heterocycles. The van der Waals surface area contributed by atoms with Crippen molar-refractivity contribution in [1.82, 2.24) is 0 Å². The maximum Gasteiger partial charge on any atom is 0.0738 e. The zero-order valence-corrected chi connectivity index (χ0v) is 8.33. The second kappa shape index (κ2) is 5.63. The van der Waals surface area contributed by atoms with Crippen molar-refractivity contribution in [2.75, 3.05) is 13.2 Å². The summed E-state index contributed by atoms with van der Waals surface area (Å²) in [6.07, 6.45) is 1.67. The number of halogens is 1. The van der Waals surface area contributed by atoms with E-state index in [1.165, 1.54) is 0 Å². The molecule has 74 valence electrons. The predicted octanol–water partition coefficient (Wildman–Crippen LogP) is 1.86. The van der Waals surface area contributed by atoms with Crippen LogP contribution in [0.15, 0.2) is 35.6 Å². The number of hydrogen-bond acceptors (Lipinski definition) is 2. The lowest BCUT2D eigenvalue weighted by molar-refractivity contribution is 0.277. The molecule has 0 amide bonds. The lowest BCUT2D eigenvalue weighted by Gasteiger charge is -1.93. The van der Waals surface area contributed by atoms with Gasteiger partial charge in [0.2, 0.25) is 0 Å². The number of aliphatic hydroxyl groups excluding tert-OH is 2. The van der Waals surface area contributed by atoms with Gasteiger partial charge in [0.15, 0.2) is 0 Å². The highest BCUT2D eigenvalue weighted by Gasteiger charge is 1.90. The fourth-order valence-corrected chi connectivity index (χ4v) is 1.12. The summed E-state index contributed by atoms with van der Waals surface area (Å²) >= 11 is 5.77. The number of benzene rings is 1. The molecule has 0 atom stereocenters. The first-order valence-electron chi connectivity index (χ1n) is 4.18. The van der Waals surface area contributed by atoms with Crippen molar-refractivity contribution in [3.05, 3.63) is 46.2 Å². The average Bonchev–Trinajstić information content (AvgIpc) is 2.19. The molecule has 0 saturated carbocycles. The van der Waals surface area contributed by atoms with E-state index in [9.17, 15) is 0 Å². The van der Waals surface area contributed by atoms with E-state index in [0.717, 1.165) is 5.56 Å². The van der Waals surface area contributed by atoms with Gasteiger partial charge >= 0.3 is 0 Å². The molecule has 0 heterocycles. The Kier molecular flexibility index (Phi) is 4.44. The maximum atomic E-state index is 8.75. The van der Waals surface area contributed by atoms with Crippen LogP contribution < -0.4 is 0 Å². The molecule has 0 saturated heterocycles. The van der Waals surface area contributed by atoms with Crippen molar-refractivity contribution < 1.29 is 10.2 Å². The molecule has 0 spiro atoms. The van der Waals surface area contributed by atoms with E-state index in [1.807, 2.05) is 12.1 Å². The number of rotatable bonds is 3. The van der Waals surface area contributed by atoms with E-state index >= 15 is 0 Å². The summed E-state index contributed by atoms with van der Waals surface area (Å²) < 4.78 is 0. The quantitative estimate of drug-likeness (QED) is 0.748. The normalized spacial score (nSPS) is 9.36. The van der Waals surface area contributed by atoms with Crippen LogP contribution in [0.5, 0.6) is 0 Å². The minimum atomic E-state index is -0.187. The van der Waals surface area contributed by atoms with E-state index in [4.69, 9.17) is 21.8 Å². The fraction of sp³-hybridized carbons (Fsp3) is 0.182. The van der Waals surface area contributed by atoms with Crippen molar-refractivity contribution in [3.63, 3.8) is 0 Å². The molecule has 3 heteroatoms. The summed E-state index contributed by atoms with van der Waals surface area (Å²) in [5, 5.41) is 18.2. The lowest BCUT2D eigenvalue weighted by Crippen LogP contribution is -1.93. The largest absolute Gasteiger partial charge is 0.391 e. The standard InChI is InChI=1S/C11H11ClO2/c12-11-3-1-2-9(6-11)4-5-10(7-13)8-14/h1-4,6,13-14H,7-8H2. The Morgan fingerprint density at radius 1 is 1.36 bits per heavy atom. The van der Waals surface area contributed by atoms with E-state index in [0.29, 0.717) is 10.6 Å². The minimum absolute atomic E-state index is 0.187. The molecule has 0 unspecified atom stereocenters. The van der Waals surface area contributed by atoms with Gasteiger partial charge in [-0.3, -0.25) is 0 Å². The molecule has 0 aromatic heterocycles. The van der Waals surface area contributed by atoms with Gasteiger partial charge in [0.05, 0.1) is 13.2 Å². The first-order chi connectivity index (χ1) is 6.76. The molecular formula is C11H11ClO2. The molecule has 0 radical (unpaired) electrons. The van der Waals surface area contributed by atoms with Crippen molar-refractivity contribution >= 4 is 17.7 Å². The van der Waals surface area contributed by atoms with Crippen LogP contribution in [-0.4, -0.2) is 23.4 Å². The van der Waals surface area contributed by atoms with Crippen LogP contribution in [0.25, 0.3) is 6.08 Å². The smallest absolute Gasteiger partial charge is 0.0738 e. The Labute approximate surface area is 87.8 Å². The van der Waals surface area contributed by atoms with Crippen LogP contribution >= 0.6 is 11.6 Å². The third-order valence-corrected chi connectivity index (χ3v) is 1.91. The first-order valence-corrected chi connectivity index (χ1v) is 4.56. The van der Waals surface area contributed by atoms with E-state index in [1.54, 1.807) is 18.2 Å². The minimum Gasteiger partial charge on any atom is -0.391 e. The monoisotopic (exact) mass is 210 g/mol. The Bertz CT molecular complexity index is 359. The van der Waals surface area contributed by atoms with Crippen molar-refractivity contribution in [3.8, 4) is 0 Å². The van der Waals surface area contributed by atoms with Crippen LogP contribution in [0.2, 0.25) is 5.02 Å². The van der Waals surface area contributed by atoms with Gasteiger partial charge in [0.25, 0.3) is 0 Å². The molecule has 0 fully saturated rings. The molecule has 2 N–H and O–H groups in total. The molecule has 0 aliphatic carbocycles. The van der Waals surface area contributed by atoms with Crippen molar-refractivity contribution in [2.24, 2.45) is 0 Å². The van der Waals surface area contributed by atoms with Gasteiger partial charge in [-0.05, 0) is 23.8 Å². The summed E-state index contributed by atoms with van der Waals surface area (Å²) in [4.78, 5) is 0. The Morgan fingerprint density at radius 2 is 2.07 bits per heavy atom. The van der Waals surface area contributed by atoms with Gasteiger partial charge in [0.1, 0.15) is 0 Å². The summed E-state index contributed by atoms with van der Waals surface area (Å²) in [6.45, 7) is -0.374. The highest BCUT2D eigenvalue weighted by Crippen LogP contribution is 2.11. The van der Waals surface area contributed by atoms with E-state index in [2.05, 4.69) is 5.73 Å². The Balaban J connectivity index is 2.92. The second-order valence-corrected chi connectivity index (χ2v) is 3.20. The average molecular weight is 211 g/mol. The van der Waals surface area contributed by atoms with Crippen LogP contribution in [0.1, 0.15) is 5.56 Å². The van der Waals surface area contributed by atoms with Crippen LogP contribution in [0, 0.1) is 0 Å². The molecular weight excluding hydrogens is 200 g/mol. The topological polar surface area (TPSA) is 40.5 Å². The van der Waals surface area contributed by atoms with Crippen LogP contribution in [0.3, 0.4) is 0 Å². The third kappa shape index (κ3) is 3.36. The van der Waals surface area contributed by atoms with Gasteiger partial charge < -0.3 is 10.2 Å². The SMILES string of the molecule is OCC(=C=Cc1cccc(Cl)c1)CO. The van der Waals surface area contributed by atoms with Crippen LogP contribution in [-0.2, 0) is 0 Å². The van der Waals surface area contributed by atoms with Crippen molar-refractivity contribution in [1.29, 1.82) is 0 Å².